The van der Waals surface area contributed by atoms with Crippen LogP contribution < -0.4 is 10.6 Å². The van der Waals surface area contributed by atoms with Crippen LogP contribution in [0.5, 0.6) is 0 Å². The summed E-state index contributed by atoms with van der Waals surface area (Å²) in [5, 5.41) is 7.82. The molecule has 2 N–H and O–H groups in total. The Morgan fingerprint density at radius 2 is 1.88 bits per heavy atom. The third kappa shape index (κ3) is 6.11. The summed E-state index contributed by atoms with van der Waals surface area (Å²) in [6.07, 6.45) is 1.03. The molecule has 128 valence electrons. The van der Waals surface area contributed by atoms with E-state index >= 15 is 0 Å². The van der Waals surface area contributed by atoms with Gasteiger partial charge in [0.15, 0.2) is 5.11 Å². The summed E-state index contributed by atoms with van der Waals surface area (Å²) in [4.78, 5) is 2.31. The van der Waals surface area contributed by atoms with Crippen LogP contribution >= 0.6 is 23.8 Å². The molecule has 2 aromatic carbocycles. The van der Waals surface area contributed by atoms with Crippen molar-refractivity contribution >= 4 is 34.6 Å². The zero-order valence-corrected chi connectivity index (χ0v) is 15.8. The van der Waals surface area contributed by atoms with E-state index in [-0.39, 0.29) is 0 Å². The Morgan fingerprint density at radius 3 is 2.62 bits per heavy atom. The van der Waals surface area contributed by atoms with Gasteiger partial charge in [0.2, 0.25) is 0 Å². The van der Waals surface area contributed by atoms with Gasteiger partial charge in [-0.25, -0.2) is 0 Å². The summed E-state index contributed by atoms with van der Waals surface area (Å²) in [5.74, 6) is 0. The molecule has 0 unspecified atom stereocenters. The summed E-state index contributed by atoms with van der Waals surface area (Å²) < 4.78 is 0. The first-order chi connectivity index (χ1) is 11.6. The van der Waals surface area contributed by atoms with Gasteiger partial charge in [0, 0.05) is 23.8 Å². The van der Waals surface area contributed by atoms with Crippen molar-refractivity contribution in [3.63, 3.8) is 0 Å². The molecular weight excluding hydrogens is 338 g/mol. The van der Waals surface area contributed by atoms with Crippen LogP contribution in [-0.2, 0) is 6.54 Å². The van der Waals surface area contributed by atoms with Crippen molar-refractivity contribution in [2.75, 3.05) is 25.5 Å². The molecule has 0 saturated carbocycles. The highest BCUT2D eigenvalue weighted by atomic mass is 35.5. The fourth-order valence-electron chi connectivity index (χ4n) is 2.43. The average Bonchev–Trinajstić information content (AvgIpc) is 2.57. The van der Waals surface area contributed by atoms with E-state index in [1.807, 2.05) is 31.2 Å². The Labute approximate surface area is 155 Å². The minimum atomic E-state index is 0.631. The maximum Gasteiger partial charge on any atom is 0.170 e. The predicted octanol–water partition coefficient (Wildman–Crippen LogP) is 4.46. The number of nitrogens with one attached hydrogen (secondary N) is 2. The lowest BCUT2D eigenvalue weighted by Gasteiger charge is -2.17. The van der Waals surface area contributed by atoms with Gasteiger partial charge in [0.1, 0.15) is 0 Å². The molecule has 3 nitrogen and oxygen atoms in total. The summed E-state index contributed by atoms with van der Waals surface area (Å²) in [5.41, 5.74) is 3.29. The van der Waals surface area contributed by atoms with Crippen molar-refractivity contribution in [3.05, 3.63) is 64.7 Å². The van der Waals surface area contributed by atoms with Gasteiger partial charge < -0.3 is 15.5 Å². The Kier molecular flexibility index (Phi) is 7.50. The summed E-state index contributed by atoms with van der Waals surface area (Å²) in [6, 6.07) is 16.3. The minimum absolute atomic E-state index is 0.631. The van der Waals surface area contributed by atoms with Crippen LogP contribution in [0.4, 0.5) is 5.69 Å². The van der Waals surface area contributed by atoms with Crippen molar-refractivity contribution < 1.29 is 0 Å². The van der Waals surface area contributed by atoms with Crippen molar-refractivity contribution in [2.24, 2.45) is 0 Å². The third-order valence-electron chi connectivity index (χ3n) is 3.81. The van der Waals surface area contributed by atoms with Crippen LogP contribution in [0.2, 0.25) is 5.02 Å². The molecule has 5 heteroatoms. The molecule has 0 aromatic heterocycles. The van der Waals surface area contributed by atoms with Gasteiger partial charge in [-0.1, -0.05) is 48.0 Å². The zero-order valence-electron chi connectivity index (χ0n) is 14.2. The van der Waals surface area contributed by atoms with E-state index in [2.05, 4.69) is 46.8 Å². The summed E-state index contributed by atoms with van der Waals surface area (Å²) >= 11 is 11.5. The number of benzene rings is 2. The van der Waals surface area contributed by atoms with Gasteiger partial charge >= 0.3 is 0 Å². The van der Waals surface area contributed by atoms with Crippen molar-refractivity contribution in [2.45, 2.75) is 19.9 Å². The van der Waals surface area contributed by atoms with Crippen LogP contribution in [0.15, 0.2) is 48.5 Å². The molecule has 0 bridgehead atoms. The second-order valence-electron chi connectivity index (χ2n) is 5.87. The molecule has 0 fully saturated rings. The Bertz CT molecular complexity index is 661. The number of hydrogen-bond acceptors (Lipinski definition) is 2. The first-order valence-electron chi connectivity index (χ1n) is 8.08. The molecule has 2 aromatic rings. The second kappa shape index (κ2) is 9.62. The number of thiocarbonyl (C=S) groups is 1. The van der Waals surface area contributed by atoms with Gasteiger partial charge in [0.25, 0.3) is 0 Å². The number of anilines is 1. The minimum Gasteiger partial charge on any atom is -0.362 e. The van der Waals surface area contributed by atoms with Gasteiger partial charge in [-0.2, -0.15) is 0 Å². The van der Waals surface area contributed by atoms with Crippen molar-refractivity contribution in [1.29, 1.82) is 0 Å². The molecule has 0 atom stereocenters. The van der Waals surface area contributed by atoms with Gasteiger partial charge in [-0.3, -0.25) is 0 Å². The second-order valence-corrected chi connectivity index (χ2v) is 6.69. The van der Waals surface area contributed by atoms with E-state index < -0.39 is 0 Å². The number of rotatable bonds is 7. The number of hydrogen-bond donors (Lipinski definition) is 2. The van der Waals surface area contributed by atoms with E-state index in [1.165, 1.54) is 5.56 Å². The predicted molar refractivity (Wildman–Crippen MR) is 108 cm³/mol. The molecular formula is C19H24ClN3S. The maximum absolute atomic E-state index is 6.12. The molecule has 0 saturated heterocycles. The van der Waals surface area contributed by atoms with E-state index in [9.17, 15) is 0 Å². The van der Waals surface area contributed by atoms with Crippen LogP contribution in [0.25, 0.3) is 0 Å². The molecule has 0 spiro atoms. The molecule has 0 radical (unpaired) electrons. The van der Waals surface area contributed by atoms with E-state index in [1.54, 1.807) is 0 Å². The van der Waals surface area contributed by atoms with E-state index in [0.717, 1.165) is 42.3 Å². The van der Waals surface area contributed by atoms with Crippen LogP contribution in [0, 0.1) is 6.92 Å². The average molecular weight is 362 g/mol. The molecule has 0 aliphatic rings. The highest BCUT2D eigenvalue weighted by Gasteiger charge is 2.04. The van der Waals surface area contributed by atoms with Crippen LogP contribution in [-0.4, -0.2) is 30.1 Å². The normalized spacial score (nSPS) is 10.7. The van der Waals surface area contributed by atoms with Gasteiger partial charge in [0.05, 0.1) is 0 Å². The number of halogens is 1. The summed E-state index contributed by atoms with van der Waals surface area (Å²) in [6.45, 7) is 4.79. The molecule has 0 aliphatic heterocycles. The number of nitrogens with zero attached hydrogens (tertiary/aromatic N) is 1. The molecule has 2 rings (SSSR count). The lowest BCUT2D eigenvalue weighted by Crippen LogP contribution is -2.31. The zero-order chi connectivity index (χ0) is 17.4. The topological polar surface area (TPSA) is 27.3 Å². The molecule has 0 aliphatic carbocycles. The largest absolute Gasteiger partial charge is 0.362 e. The molecule has 0 heterocycles. The van der Waals surface area contributed by atoms with Gasteiger partial charge in [-0.05, 0) is 62.4 Å². The van der Waals surface area contributed by atoms with Gasteiger partial charge in [-0.15, -0.1) is 0 Å². The molecule has 0 amide bonds. The third-order valence-corrected chi connectivity index (χ3v) is 4.47. The molecule has 24 heavy (non-hydrogen) atoms. The highest BCUT2D eigenvalue weighted by Crippen LogP contribution is 2.22. The Hall–Kier alpha value is -1.62. The van der Waals surface area contributed by atoms with Crippen LogP contribution in [0.1, 0.15) is 17.5 Å². The standard InChI is InChI=1S/C19H24ClN3S/c1-15-17(20)10-6-11-18(15)22-19(24)21-12-7-13-23(2)14-16-8-4-3-5-9-16/h3-6,8-11H,7,12-14H2,1-2H3,(H2,21,22,24). The Morgan fingerprint density at radius 1 is 1.12 bits per heavy atom. The quantitative estimate of drug-likeness (QED) is 0.562. The monoisotopic (exact) mass is 361 g/mol. The first kappa shape index (κ1) is 18.7. The highest BCUT2D eigenvalue weighted by molar-refractivity contribution is 7.80. The SMILES string of the molecule is Cc1c(Cl)cccc1NC(=S)NCCCN(C)Cc1ccccc1. The van der Waals surface area contributed by atoms with E-state index in [4.69, 9.17) is 23.8 Å². The fraction of sp³-hybridized carbons (Fsp3) is 0.316. The fourth-order valence-corrected chi connectivity index (χ4v) is 2.82. The van der Waals surface area contributed by atoms with E-state index in [0.29, 0.717) is 5.11 Å². The first-order valence-corrected chi connectivity index (χ1v) is 8.87. The lowest BCUT2D eigenvalue weighted by molar-refractivity contribution is 0.322. The lowest BCUT2D eigenvalue weighted by atomic mass is 10.2. The Balaban J connectivity index is 1.66. The van der Waals surface area contributed by atoms with Crippen LogP contribution in [0.3, 0.4) is 0 Å². The smallest absolute Gasteiger partial charge is 0.170 e. The van der Waals surface area contributed by atoms with Crippen molar-refractivity contribution in [3.8, 4) is 0 Å². The van der Waals surface area contributed by atoms with Crippen molar-refractivity contribution in [1.82, 2.24) is 10.2 Å². The summed E-state index contributed by atoms with van der Waals surface area (Å²) in [7, 11) is 2.14. The maximum atomic E-state index is 6.12.